The molecule has 0 aliphatic carbocycles. The molecule has 3 heterocycles. The zero-order chi connectivity index (χ0) is 26.9. The van der Waals surface area contributed by atoms with E-state index in [2.05, 4.69) is 15.3 Å². The first-order valence-corrected chi connectivity index (χ1v) is 10.8. The maximum absolute atomic E-state index is 14.4. The second kappa shape index (κ2) is 9.92. The molecule has 0 unspecified atom stereocenters. The normalized spacial score (nSPS) is 13.0. The topological polar surface area (TPSA) is 59.3 Å². The number of alkyl halides is 3. The molecular weight excluding hydrogens is 498 g/mol. The van der Waals surface area contributed by atoms with E-state index in [1.165, 1.54) is 48.0 Å². The molecule has 1 aromatic carbocycles. The average Bonchev–Trinajstić information content (AvgIpc) is 3.29. The van der Waals surface area contributed by atoms with Gasteiger partial charge in [-0.15, -0.1) is 0 Å². The van der Waals surface area contributed by atoms with Gasteiger partial charge < -0.3 is 5.32 Å². The van der Waals surface area contributed by atoms with Crippen molar-refractivity contribution in [3.8, 4) is 11.3 Å². The van der Waals surface area contributed by atoms with Crippen LogP contribution in [0.4, 0.5) is 32.0 Å². The molecule has 0 aliphatic heterocycles. The summed E-state index contributed by atoms with van der Waals surface area (Å²) in [7, 11) is 0. The second-order valence-electron chi connectivity index (χ2n) is 7.86. The molecule has 11 heteroatoms. The van der Waals surface area contributed by atoms with Crippen molar-refractivity contribution >= 4 is 22.7 Å². The number of anilines is 1. The monoisotopic (exact) mass is 516 g/mol. The number of hydrogen-bond acceptors (Lipinski definition) is 3. The Hall–Kier alpha value is -4.41. The van der Waals surface area contributed by atoms with Gasteiger partial charge in [0.1, 0.15) is 23.2 Å². The van der Waals surface area contributed by atoms with Crippen molar-refractivity contribution in [3.63, 3.8) is 0 Å². The molecule has 190 valence electrons. The molecule has 0 saturated heterocycles. The van der Waals surface area contributed by atoms with Crippen LogP contribution in [-0.2, 0) is 6.18 Å². The van der Waals surface area contributed by atoms with Crippen LogP contribution >= 0.6 is 0 Å². The van der Waals surface area contributed by atoms with E-state index in [1.807, 2.05) is 0 Å². The second-order valence-corrected chi connectivity index (χ2v) is 7.86. The first-order valence-electron chi connectivity index (χ1n) is 10.8. The Morgan fingerprint density at radius 3 is 2.38 bits per heavy atom. The Morgan fingerprint density at radius 1 is 1.05 bits per heavy atom. The lowest BCUT2D eigenvalue weighted by Crippen LogP contribution is -2.21. The highest BCUT2D eigenvalue weighted by molar-refractivity contribution is 6.04. The predicted molar refractivity (Wildman–Crippen MR) is 126 cm³/mol. The van der Waals surface area contributed by atoms with Crippen LogP contribution in [0.25, 0.3) is 22.3 Å². The summed E-state index contributed by atoms with van der Waals surface area (Å²) in [6, 6.07) is 9.39. The summed E-state index contributed by atoms with van der Waals surface area (Å²) in [6.45, 7) is 2.47. The third kappa shape index (κ3) is 5.11. The molecule has 1 amide bonds. The van der Waals surface area contributed by atoms with Gasteiger partial charge in [0, 0.05) is 17.4 Å². The molecule has 4 rings (SSSR count). The van der Waals surface area contributed by atoms with Gasteiger partial charge in [0.05, 0.1) is 28.5 Å². The predicted octanol–water partition coefficient (Wildman–Crippen LogP) is 7.38. The molecule has 4 aromatic rings. The first kappa shape index (κ1) is 25.7. The molecule has 0 aliphatic rings. The number of benzene rings is 1. The van der Waals surface area contributed by atoms with E-state index in [9.17, 15) is 31.1 Å². The molecule has 37 heavy (non-hydrogen) atoms. The third-order valence-electron chi connectivity index (χ3n) is 5.43. The number of pyridine rings is 2. The van der Waals surface area contributed by atoms with Crippen LogP contribution in [0.5, 0.6) is 0 Å². The Morgan fingerprint density at radius 2 is 1.76 bits per heavy atom. The zero-order valence-corrected chi connectivity index (χ0v) is 19.4. The van der Waals surface area contributed by atoms with E-state index in [1.54, 1.807) is 6.07 Å². The number of nitrogens with one attached hydrogen (secondary N) is 1. The molecule has 0 atom stereocenters. The minimum atomic E-state index is -4.88. The summed E-state index contributed by atoms with van der Waals surface area (Å²) >= 11 is 0. The number of imidazole rings is 1. The molecular formula is C26H18F6N4O. The number of carbonyl (C=O) groups is 1. The highest BCUT2D eigenvalue weighted by Gasteiger charge is 2.36. The van der Waals surface area contributed by atoms with E-state index in [0.717, 1.165) is 31.2 Å². The number of nitrogens with zero attached hydrogens (tertiary/aromatic N) is 3. The van der Waals surface area contributed by atoms with Crippen LogP contribution in [-0.4, -0.2) is 20.3 Å². The van der Waals surface area contributed by atoms with Crippen LogP contribution in [0.2, 0.25) is 0 Å². The quantitative estimate of drug-likeness (QED) is 0.222. The molecule has 0 spiro atoms. The number of hydrogen-bond donors (Lipinski definition) is 1. The van der Waals surface area contributed by atoms with Gasteiger partial charge in [0.25, 0.3) is 5.91 Å². The highest BCUT2D eigenvalue weighted by Crippen LogP contribution is 2.35. The van der Waals surface area contributed by atoms with E-state index in [4.69, 9.17) is 0 Å². The minimum Gasteiger partial charge on any atom is -0.321 e. The van der Waals surface area contributed by atoms with Crippen molar-refractivity contribution in [2.24, 2.45) is 0 Å². The Kier molecular flexibility index (Phi) is 6.88. The van der Waals surface area contributed by atoms with Crippen molar-refractivity contribution in [2.45, 2.75) is 20.0 Å². The molecule has 1 N–H and O–H groups in total. The molecule has 5 nitrogen and oxygen atoms in total. The fourth-order valence-electron chi connectivity index (χ4n) is 3.71. The molecule has 0 saturated carbocycles. The summed E-state index contributed by atoms with van der Waals surface area (Å²) in [4.78, 5) is 21.0. The Balaban J connectivity index is 1.83. The smallest absolute Gasteiger partial charge is 0.321 e. The van der Waals surface area contributed by atoms with Gasteiger partial charge in [-0.3, -0.25) is 9.20 Å². The summed E-state index contributed by atoms with van der Waals surface area (Å²) in [6.07, 6.45) is -0.676. The summed E-state index contributed by atoms with van der Waals surface area (Å²) in [5.74, 6) is -3.81. The Labute approximate surface area is 206 Å². The van der Waals surface area contributed by atoms with Crippen LogP contribution in [0.15, 0.2) is 78.7 Å². The summed E-state index contributed by atoms with van der Waals surface area (Å²) in [5, 5.41) is 2.29. The number of halogens is 6. The van der Waals surface area contributed by atoms with Gasteiger partial charge in [-0.25, -0.2) is 23.1 Å². The number of fused-ring (bicyclic) bond motifs is 1. The maximum atomic E-state index is 14.4. The lowest BCUT2D eigenvalue weighted by molar-refractivity contribution is -0.138. The van der Waals surface area contributed by atoms with Crippen molar-refractivity contribution in [1.82, 2.24) is 14.4 Å². The average molecular weight is 516 g/mol. The maximum Gasteiger partial charge on any atom is 0.418 e. The van der Waals surface area contributed by atoms with Gasteiger partial charge in [-0.05, 0) is 62.4 Å². The fraction of sp³-hybridized carbons (Fsp3) is 0.115. The standard InChI is InChI=1S/C26H18F6N4O/c1-3-17(22(29)14(2)27)24-33-13-21-18(5-4-12-36(21)24)20-11-10-19(26(30,31)32)23(35-20)25(37)34-16-8-6-15(28)7-9-16/h3-13H,1-2H3,(H,34,37)/b17-3+,22-14-. The Bertz CT molecular complexity index is 1550. The lowest BCUT2D eigenvalue weighted by atomic mass is 10.1. The van der Waals surface area contributed by atoms with Crippen molar-refractivity contribution in [2.75, 3.05) is 5.32 Å². The molecule has 0 bridgehead atoms. The molecule has 0 radical (unpaired) electrons. The van der Waals surface area contributed by atoms with Gasteiger partial charge in [0.2, 0.25) is 0 Å². The molecule has 0 fully saturated rings. The van der Waals surface area contributed by atoms with Gasteiger partial charge >= 0.3 is 6.18 Å². The summed E-state index contributed by atoms with van der Waals surface area (Å²) < 4.78 is 83.7. The number of aromatic nitrogens is 3. The van der Waals surface area contributed by atoms with Crippen LogP contribution in [0.1, 0.15) is 35.7 Å². The van der Waals surface area contributed by atoms with Gasteiger partial charge in [0.15, 0.2) is 5.83 Å². The molecule has 3 aromatic heterocycles. The van der Waals surface area contributed by atoms with Crippen LogP contribution in [0, 0.1) is 5.82 Å². The van der Waals surface area contributed by atoms with Gasteiger partial charge in [-0.2, -0.15) is 13.2 Å². The van der Waals surface area contributed by atoms with Gasteiger partial charge in [-0.1, -0.05) is 6.08 Å². The lowest BCUT2D eigenvalue weighted by Gasteiger charge is -2.14. The number of allylic oxidation sites excluding steroid dienone is 4. The van der Waals surface area contributed by atoms with Crippen molar-refractivity contribution < 1.29 is 31.1 Å². The largest absolute Gasteiger partial charge is 0.418 e. The fourth-order valence-corrected chi connectivity index (χ4v) is 3.71. The SMILES string of the molecule is C/C=C(\C(F)=C(/C)F)c1ncc2c(-c3ccc(C(F)(F)F)c(C(=O)Nc4ccc(F)cc4)n3)cccn12. The number of rotatable bonds is 5. The van der Waals surface area contributed by atoms with E-state index >= 15 is 0 Å². The first-order chi connectivity index (χ1) is 17.5. The zero-order valence-electron chi connectivity index (χ0n) is 19.4. The third-order valence-corrected chi connectivity index (χ3v) is 5.43. The highest BCUT2D eigenvalue weighted by atomic mass is 19.4. The van der Waals surface area contributed by atoms with E-state index in [0.29, 0.717) is 11.1 Å². The van der Waals surface area contributed by atoms with Crippen LogP contribution in [0.3, 0.4) is 0 Å². The van der Waals surface area contributed by atoms with E-state index in [-0.39, 0.29) is 22.8 Å². The van der Waals surface area contributed by atoms with Crippen molar-refractivity contribution in [3.05, 3.63) is 102 Å². The van der Waals surface area contributed by atoms with Crippen LogP contribution < -0.4 is 5.32 Å². The van der Waals surface area contributed by atoms with E-state index < -0.39 is 40.8 Å². The number of amides is 1. The number of carbonyl (C=O) groups excluding carboxylic acids is 1. The minimum absolute atomic E-state index is 0.00835. The van der Waals surface area contributed by atoms with Crippen molar-refractivity contribution in [1.29, 1.82) is 0 Å². The summed E-state index contributed by atoms with van der Waals surface area (Å²) in [5.41, 5.74) is -1.57.